The number of nitrogens with one attached hydrogen (secondary N) is 2. The number of carbonyl (C=O) groups is 1. The maximum Gasteiger partial charge on any atom is 0.271 e. The Morgan fingerprint density at radius 3 is 2.54 bits per heavy atom. The standard InChI is InChI=1S/C21H20N2O3S2/c24-21(22-19-8-3-6-15-5-1-2-7-18(15)19)16-10-12-17(13-11-16)23-28(25,26)20-9-4-14-27-20/h1-2,4-5,7,9-14,19,23H,3,6,8H2,(H,22,24)/t19-/m1/s1. The molecular weight excluding hydrogens is 392 g/mol. The van der Waals surface area contributed by atoms with Crippen molar-refractivity contribution in [3.63, 3.8) is 0 Å². The predicted molar refractivity (Wildman–Crippen MR) is 111 cm³/mol. The summed E-state index contributed by atoms with van der Waals surface area (Å²) in [5.74, 6) is -0.158. The second-order valence-electron chi connectivity index (χ2n) is 6.73. The lowest BCUT2D eigenvalue weighted by Gasteiger charge is -2.26. The minimum absolute atomic E-state index is 0.00876. The van der Waals surface area contributed by atoms with Crippen molar-refractivity contribution >= 4 is 33.0 Å². The minimum atomic E-state index is -3.59. The third kappa shape index (κ3) is 3.95. The number of hydrogen-bond donors (Lipinski definition) is 2. The zero-order chi connectivity index (χ0) is 19.6. The lowest BCUT2D eigenvalue weighted by molar-refractivity contribution is 0.0933. The number of anilines is 1. The Bertz CT molecular complexity index is 1080. The molecule has 3 aromatic rings. The summed E-state index contributed by atoms with van der Waals surface area (Å²) in [5, 5.41) is 4.82. The van der Waals surface area contributed by atoms with E-state index in [2.05, 4.69) is 22.2 Å². The third-order valence-electron chi connectivity index (χ3n) is 4.83. The van der Waals surface area contributed by atoms with Gasteiger partial charge < -0.3 is 5.32 Å². The summed E-state index contributed by atoms with van der Waals surface area (Å²) in [4.78, 5) is 12.7. The first-order valence-electron chi connectivity index (χ1n) is 9.08. The fourth-order valence-corrected chi connectivity index (χ4v) is 5.51. The summed E-state index contributed by atoms with van der Waals surface area (Å²) in [6, 6.07) is 17.9. The molecule has 144 valence electrons. The van der Waals surface area contributed by atoms with E-state index in [1.807, 2.05) is 12.1 Å². The van der Waals surface area contributed by atoms with Gasteiger partial charge in [-0.25, -0.2) is 8.42 Å². The van der Waals surface area contributed by atoms with Crippen molar-refractivity contribution in [3.05, 3.63) is 82.7 Å². The van der Waals surface area contributed by atoms with Crippen LogP contribution < -0.4 is 10.0 Å². The molecule has 1 heterocycles. The van der Waals surface area contributed by atoms with Crippen molar-refractivity contribution in [1.82, 2.24) is 5.32 Å². The number of thiophene rings is 1. The summed E-state index contributed by atoms with van der Waals surface area (Å²) < 4.78 is 27.3. The average Bonchev–Trinajstić information content (AvgIpc) is 3.24. The van der Waals surface area contributed by atoms with E-state index in [0.29, 0.717) is 11.3 Å². The Morgan fingerprint density at radius 2 is 1.79 bits per heavy atom. The van der Waals surface area contributed by atoms with Crippen molar-refractivity contribution in [3.8, 4) is 0 Å². The number of benzene rings is 2. The van der Waals surface area contributed by atoms with Gasteiger partial charge in [-0.3, -0.25) is 9.52 Å². The smallest absolute Gasteiger partial charge is 0.271 e. The van der Waals surface area contributed by atoms with Gasteiger partial charge >= 0.3 is 0 Å². The van der Waals surface area contributed by atoms with Gasteiger partial charge in [-0.05, 0) is 66.1 Å². The number of aryl methyl sites for hydroxylation is 1. The molecule has 4 rings (SSSR count). The topological polar surface area (TPSA) is 75.3 Å². The molecule has 0 spiro atoms. The monoisotopic (exact) mass is 412 g/mol. The Hall–Kier alpha value is -2.64. The van der Waals surface area contributed by atoms with E-state index in [1.54, 1.807) is 41.8 Å². The fourth-order valence-electron chi connectivity index (χ4n) is 3.46. The molecule has 0 unspecified atom stereocenters. The molecule has 0 saturated carbocycles. The van der Waals surface area contributed by atoms with Crippen LogP contribution in [0.5, 0.6) is 0 Å². The second-order valence-corrected chi connectivity index (χ2v) is 9.59. The van der Waals surface area contributed by atoms with E-state index in [4.69, 9.17) is 0 Å². The highest BCUT2D eigenvalue weighted by molar-refractivity contribution is 7.94. The molecule has 28 heavy (non-hydrogen) atoms. The lowest BCUT2D eigenvalue weighted by Crippen LogP contribution is -2.30. The number of fused-ring (bicyclic) bond motifs is 1. The van der Waals surface area contributed by atoms with Crippen molar-refractivity contribution in [1.29, 1.82) is 0 Å². The Balaban J connectivity index is 1.45. The van der Waals surface area contributed by atoms with Crippen molar-refractivity contribution < 1.29 is 13.2 Å². The van der Waals surface area contributed by atoms with E-state index < -0.39 is 10.0 Å². The number of rotatable bonds is 5. The molecule has 0 saturated heterocycles. The summed E-state index contributed by atoms with van der Waals surface area (Å²) >= 11 is 1.16. The van der Waals surface area contributed by atoms with E-state index in [1.165, 1.54) is 11.1 Å². The molecule has 1 aliphatic rings. The van der Waals surface area contributed by atoms with Gasteiger partial charge in [0.2, 0.25) is 0 Å². The molecule has 0 bridgehead atoms. The molecule has 0 radical (unpaired) electrons. The van der Waals surface area contributed by atoms with Crippen LogP contribution in [0.3, 0.4) is 0 Å². The van der Waals surface area contributed by atoms with Gasteiger partial charge in [0.05, 0.1) is 6.04 Å². The maximum absolute atomic E-state index is 12.7. The fraction of sp³-hybridized carbons (Fsp3) is 0.190. The molecule has 0 aliphatic heterocycles. The molecule has 5 nitrogen and oxygen atoms in total. The molecule has 1 aromatic heterocycles. The van der Waals surface area contributed by atoms with Gasteiger partial charge in [-0.1, -0.05) is 30.3 Å². The van der Waals surface area contributed by atoms with Crippen LogP contribution in [-0.2, 0) is 16.4 Å². The summed E-state index contributed by atoms with van der Waals surface area (Å²) in [6.45, 7) is 0. The lowest BCUT2D eigenvalue weighted by atomic mass is 9.87. The third-order valence-corrected chi connectivity index (χ3v) is 7.61. The van der Waals surface area contributed by atoms with Gasteiger partial charge in [-0.15, -0.1) is 11.3 Å². The van der Waals surface area contributed by atoms with Crippen LogP contribution >= 0.6 is 11.3 Å². The van der Waals surface area contributed by atoms with Crippen LogP contribution in [0, 0.1) is 0 Å². The van der Waals surface area contributed by atoms with Gasteiger partial charge in [0.25, 0.3) is 15.9 Å². The quantitative estimate of drug-likeness (QED) is 0.654. The Labute approximate surface area is 168 Å². The van der Waals surface area contributed by atoms with Crippen LogP contribution in [0.1, 0.15) is 40.4 Å². The zero-order valence-electron chi connectivity index (χ0n) is 15.1. The van der Waals surface area contributed by atoms with E-state index in [0.717, 1.165) is 30.6 Å². The van der Waals surface area contributed by atoms with Crippen molar-refractivity contribution in [2.24, 2.45) is 0 Å². The highest BCUT2D eigenvalue weighted by Gasteiger charge is 2.22. The first kappa shape index (κ1) is 18.7. The van der Waals surface area contributed by atoms with E-state index in [-0.39, 0.29) is 16.2 Å². The van der Waals surface area contributed by atoms with E-state index >= 15 is 0 Å². The SMILES string of the molecule is O=C(N[C@@H]1CCCc2ccccc21)c1ccc(NS(=O)(=O)c2cccs2)cc1. The van der Waals surface area contributed by atoms with Crippen LogP contribution in [0.4, 0.5) is 5.69 Å². The zero-order valence-corrected chi connectivity index (χ0v) is 16.7. The predicted octanol–water partition coefficient (Wildman–Crippen LogP) is 4.36. The largest absolute Gasteiger partial charge is 0.345 e. The normalized spacial score (nSPS) is 16.2. The number of hydrogen-bond acceptors (Lipinski definition) is 4. The molecule has 2 aromatic carbocycles. The molecular formula is C21H20N2O3S2. The van der Waals surface area contributed by atoms with Crippen LogP contribution in [-0.4, -0.2) is 14.3 Å². The Kier molecular flexibility index (Phi) is 5.19. The van der Waals surface area contributed by atoms with Crippen LogP contribution in [0.25, 0.3) is 0 Å². The number of amides is 1. The summed E-state index contributed by atoms with van der Waals surface area (Å²) in [7, 11) is -3.59. The van der Waals surface area contributed by atoms with Crippen LogP contribution in [0.15, 0.2) is 70.3 Å². The van der Waals surface area contributed by atoms with Gasteiger partial charge in [0.15, 0.2) is 0 Å². The van der Waals surface area contributed by atoms with E-state index in [9.17, 15) is 13.2 Å². The first-order valence-corrected chi connectivity index (χ1v) is 11.4. The van der Waals surface area contributed by atoms with Crippen molar-refractivity contribution in [2.45, 2.75) is 29.5 Å². The van der Waals surface area contributed by atoms with Gasteiger partial charge in [0.1, 0.15) is 4.21 Å². The number of carbonyl (C=O) groups excluding carboxylic acids is 1. The molecule has 2 N–H and O–H groups in total. The maximum atomic E-state index is 12.7. The number of sulfonamides is 1. The molecule has 1 atom stereocenters. The molecule has 1 aliphatic carbocycles. The Morgan fingerprint density at radius 1 is 1.00 bits per heavy atom. The highest BCUT2D eigenvalue weighted by atomic mass is 32.2. The summed E-state index contributed by atoms with van der Waals surface area (Å²) in [6.07, 6.45) is 3.01. The van der Waals surface area contributed by atoms with Gasteiger partial charge in [-0.2, -0.15) is 0 Å². The minimum Gasteiger partial charge on any atom is -0.345 e. The molecule has 1 amide bonds. The van der Waals surface area contributed by atoms with Crippen LogP contribution in [0.2, 0.25) is 0 Å². The summed E-state index contributed by atoms with van der Waals surface area (Å²) in [5.41, 5.74) is 3.40. The van der Waals surface area contributed by atoms with Gasteiger partial charge in [0, 0.05) is 11.3 Å². The van der Waals surface area contributed by atoms with Crippen molar-refractivity contribution in [2.75, 3.05) is 4.72 Å². The second kappa shape index (κ2) is 7.77. The average molecular weight is 413 g/mol. The first-order chi connectivity index (χ1) is 13.5. The highest BCUT2D eigenvalue weighted by Crippen LogP contribution is 2.29. The molecule has 7 heteroatoms. The molecule has 0 fully saturated rings.